The Kier molecular flexibility index (Phi) is 5.03. The number of ether oxygens (including phenoxy) is 2. The van der Waals surface area contributed by atoms with Gasteiger partial charge in [-0.25, -0.2) is 0 Å². The van der Waals surface area contributed by atoms with Crippen LogP contribution in [0.1, 0.15) is 39.5 Å². The standard InChI is InChI=1S/C12H24O3/c1-12(2)6-4-11(5-7-12)15-9-10(13)8-14-3/h10-11,13H,4-9H2,1-3H3. The Morgan fingerprint density at radius 1 is 1.27 bits per heavy atom. The van der Waals surface area contributed by atoms with Crippen LogP contribution in [0.2, 0.25) is 0 Å². The maximum atomic E-state index is 9.43. The largest absolute Gasteiger partial charge is 0.388 e. The molecule has 1 unspecified atom stereocenters. The first kappa shape index (κ1) is 12.9. The molecular weight excluding hydrogens is 192 g/mol. The smallest absolute Gasteiger partial charge is 0.101 e. The molecular formula is C12H24O3. The Labute approximate surface area is 92.8 Å². The molecule has 0 aromatic carbocycles. The first-order valence-electron chi connectivity index (χ1n) is 5.82. The second-order valence-electron chi connectivity index (χ2n) is 5.31. The maximum Gasteiger partial charge on any atom is 0.101 e. The summed E-state index contributed by atoms with van der Waals surface area (Å²) in [6, 6.07) is 0. The highest BCUT2D eigenvalue weighted by atomic mass is 16.5. The summed E-state index contributed by atoms with van der Waals surface area (Å²) in [7, 11) is 1.59. The summed E-state index contributed by atoms with van der Waals surface area (Å²) >= 11 is 0. The van der Waals surface area contributed by atoms with E-state index in [1.54, 1.807) is 7.11 Å². The summed E-state index contributed by atoms with van der Waals surface area (Å²) < 4.78 is 10.5. The van der Waals surface area contributed by atoms with Crippen LogP contribution < -0.4 is 0 Å². The number of aliphatic hydroxyl groups is 1. The predicted molar refractivity (Wildman–Crippen MR) is 59.9 cm³/mol. The van der Waals surface area contributed by atoms with Crippen LogP contribution in [-0.2, 0) is 9.47 Å². The van der Waals surface area contributed by atoms with Crippen molar-refractivity contribution in [3.05, 3.63) is 0 Å². The van der Waals surface area contributed by atoms with E-state index in [-0.39, 0.29) is 0 Å². The van der Waals surface area contributed by atoms with Gasteiger partial charge in [0.1, 0.15) is 6.10 Å². The van der Waals surface area contributed by atoms with Gasteiger partial charge in [0.15, 0.2) is 0 Å². The van der Waals surface area contributed by atoms with Crippen molar-refractivity contribution >= 4 is 0 Å². The minimum atomic E-state index is -0.482. The quantitative estimate of drug-likeness (QED) is 0.763. The summed E-state index contributed by atoms with van der Waals surface area (Å²) in [5.41, 5.74) is 0.477. The zero-order valence-corrected chi connectivity index (χ0v) is 10.2. The predicted octanol–water partition coefficient (Wildman–Crippen LogP) is 1.98. The molecule has 0 bridgehead atoms. The zero-order chi connectivity index (χ0) is 11.3. The topological polar surface area (TPSA) is 38.7 Å². The van der Waals surface area contributed by atoms with Crippen LogP contribution in [0.15, 0.2) is 0 Å². The van der Waals surface area contributed by atoms with Crippen molar-refractivity contribution in [3.63, 3.8) is 0 Å². The number of hydrogen-bond acceptors (Lipinski definition) is 3. The molecule has 1 rings (SSSR count). The average molecular weight is 216 g/mol. The van der Waals surface area contributed by atoms with Crippen molar-refractivity contribution in [1.29, 1.82) is 0 Å². The van der Waals surface area contributed by atoms with E-state index in [2.05, 4.69) is 13.8 Å². The van der Waals surface area contributed by atoms with Gasteiger partial charge in [-0.2, -0.15) is 0 Å². The number of aliphatic hydroxyl groups excluding tert-OH is 1. The molecule has 0 amide bonds. The Morgan fingerprint density at radius 2 is 1.87 bits per heavy atom. The van der Waals surface area contributed by atoms with Crippen molar-refractivity contribution in [2.24, 2.45) is 5.41 Å². The van der Waals surface area contributed by atoms with Gasteiger partial charge in [-0.3, -0.25) is 0 Å². The lowest BCUT2D eigenvalue weighted by molar-refractivity contribution is -0.0553. The molecule has 3 heteroatoms. The molecule has 0 heterocycles. The van der Waals surface area contributed by atoms with Crippen molar-refractivity contribution in [2.75, 3.05) is 20.3 Å². The minimum absolute atomic E-state index is 0.338. The average Bonchev–Trinajstić information content (AvgIpc) is 2.17. The highest BCUT2D eigenvalue weighted by Gasteiger charge is 2.27. The van der Waals surface area contributed by atoms with Crippen molar-refractivity contribution in [1.82, 2.24) is 0 Å². The van der Waals surface area contributed by atoms with Gasteiger partial charge in [-0.15, -0.1) is 0 Å². The molecule has 3 nitrogen and oxygen atoms in total. The van der Waals surface area contributed by atoms with Crippen molar-refractivity contribution < 1.29 is 14.6 Å². The summed E-state index contributed by atoms with van der Waals surface area (Å²) in [6.07, 6.45) is 4.53. The molecule has 1 saturated carbocycles. The summed E-state index contributed by atoms with van der Waals surface area (Å²) in [4.78, 5) is 0. The lowest BCUT2D eigenvalue weighted by Crippen LogP contribution is -2.30. The first-order valence-corrected chi connectivity index (χ1v) is 5.82. The molecule has 1 N–H and O–H groups in total. The van der Waals surface area contributed by atoms with E-state index >= 15 is 0 Å². The van der Waals surface area contributed by atoms with Crippen molar-refractivity contribution in [3.8, 4) is 0 Å². The van der Waals surface area contributed by atoms with Gasteiger partial charge in [0.25, 0.3) is 0 Å². The number of rotatable bonds is 5. The molecule has 0 aromatic heterocycles. The van der Waals surface area contributed by atoms with E-state index in [0.717, 1.165) is 12.8 Å². The lowest BCUT2D eigenvalue weighted by Gasteiger charge is -2.34. The van der Waals surface area contributed by atoms with Crippen LogP contribution in [0.3, 0.4) is 0 Å². The molecule has 0 aromatic rings. The molecule has 1 atom stereocenters. The normalized spacial score (nSPS) is 24.0. The van der Waals surface area contributed by atoms with E-state index in [0.29, 0.717) is 24.7 Å². The Balaban J connectivity index is 2.13. The molecule has 0 aliphatic heterocycles. The maximum absolute atomic E-state index is 9.43. The van der Waals surface area contributed by atoms with E-state index in [9.17, 15) is 5.11 Å². The SMILES string of the molecule is COCC(O)COC1CCC(C)(C)CC1. The molecule has 1 aliphatic rings. The summed E-state index contributed by atoms with van der Waals surface area (Å²) in [5, 5.41) is 9.43. The van der Waals surface area contributed by atoms with Gasteiger partial charge in [-0.05, 0) is 31.1 Å². The van der Waals surface area contributed by atoms with Gasteiger partial charge in [-0.1, -0.05) is 13.8 Å². The fourth-order valence-corrected chi connectivity index (χ4v) is 2.03. The van der Waals surface area contributed by atoms with Gasteiger partial charge >= 0.3 is 0 Å². The molecule has 0 spiro atoms. The van der Waals surface area contributed by atoms with Gasteiger partial charge in [0, 0.05) is 7.11 Å². The Hall–Kier alpha value is -0.120. The van der Waals surface area contributed by atoms with Crippen LogP contribution in [0.5, 0.6) is 0 Å². The van der Waals surface area contributed by atoms with E-state index in [1.165, 1.54) is 12.8 Å². The molecule has 1 aliphatic carbocycles. The Bertz CT molecular complexity index is 170. The van der Waals surface area contributed by atoms with Crippen LogP contribution in [0.4, 0.5) is 0 Å². The summed E-state index contributed by atoms with van der Waals surface area (Å²) in [5.74, 6) is 0. The molecule has 90 valence electrons. The highest BCUT2D eigenvalue weighted by Crippen LogP contribution is 2.36. The number of methoxy groups -OCH3 is 1. The lowest BCUT2D eigenvalue weighted by atomic mass is 9.76. The fraction of sp³-hybridized carbons (Fsp3) is 1.00. The molecule has 0 radical (unpaired) electrons. The Morgan fingerprint density at radius 3 is 2.40 bits per heavy atom. The van der Waals surface area contributed by atoms with Gasteiger partial charge in [0.05, 0.1) is 19.3 Å². The first-order chi connectivity index (χ1) is 7.03. The van der Waals surface area contributed by atoms with Gasteiger partial charge in [0.2, 0.25) is 0 Å². The molecule has 15 heavy (non-hydrogen) atoms. The van der Waals surface area contributed by atoms with Crippen LogP contribution in [0, 0.1) is 5.41 Å². The second-order valence-corrected chi connectivity index (χ2v) is 5.31. The van der Waals surface area contributed by atoms with Crippen LogP contribution in [0.25, 0.3) is 0 Å². The van der Waals surface area contributed by atoms with Crippen LogP contribution >= 0.6 is 0 Å². The minimum Gasteiger partial charge on any atom is -0.388 e. The van der Waals surface area contributed by atoms with Crippen molar-refractivity contribution in [2.45, 2.75) is 51.7 Å². The monoisotopic (exact) mass is 216 g/mol. The number of hydrogen-bond donors (Lipinski definition) is 1. The van der Waals surface area contributed by atoms with E-state index in [4.69, 9.17) is 9.47 Å². The zero-order valence-electron chi connectivity index (χ0n) is 10.2. The summed E-state index contributed by atoms with van der Waals surface area (Å²) in [6.45, 7) is 5.38. The van der Waals surface area contributed by atoms with Gasteiger partial charge < -0.3 is 14.6 Å². The third kappa shape index (κ3) is 4.96. The van der Waals surface area contributed by atoms with E-state index < -0.39 is 6.10 Å². The van der Waals surface area contributed by atoms with E-state index in [1.807, 2.05) is 0 Å². The fourth-order valence-electron chi connectivity index (χ4n) is 2.03. The molecule has 0 saturated heterocycles. The third-order valence-electron chi connectivity index (χ3n) is 3.17. The molecule has 1 fully saturated rings. The second kappa shape index (κ2) is 5.83. The third-order valence-corrected chi connectivity index (χ3v) is 3.17. The highest BCUT2D eigenvalue weighted by molar-refractivity contribution is 4.78. The van der Waals surface area contributed by atoms with Crippen LogP contribution in [-0.4, -0.2) is 37.6 Å².